The predicted octanol–water partition coefficient (Wildman–Crippen LogP) is 2.83. The third-order valence-electron chi connectivity index (χ3n) is 3.91. The number of benzene rings is 2. The first-order valence-electron chi connectivity index (χ1n) is 8.60. The molecule has 0 aliphatic carbocycles. The fourth-order valence-electron chi connectivity index (χ4n) is 2.41. The second kappa shape index (κ2) is 8.88. The fourth-order valence-corrected chi connectivity index (χ4v) is 2.95. The molecule has 0 heterocycles. The first-order valence-corrected chi connectivity index (χ1v) is 10.2. The Morgan fingerprint density at radius 2 is 1.81 bits per heavy atom. The molecule has 3 N–H and O–H groups in total. The fraction of sp³-hybridized carbons (Fsp3) is 0.316. The van der Waals surface area contributed by atoms with Crippen LogP contribution in [0.2, 0.25) is 0 Å². The van der Waals surface area contributed by atoms with Crippen LogP contribution in [0.5, 0.6) is 5.75 Å². The van der Waals surface area contributed by atoms with Gasteiger partial charge in [-0.2, -0.15) is 0 Å². The van der Waals surface area contributed by atoms with Crippen LogP contribution in [0.3, 0.4) is 0 Å². The van der Waals surface area contributed by atoms with Crippen molar-refractivity contribution in [2.45, 2.75) is 24.7 Å². The molecule has 0 atom stereocenters. The second-order valence-corrected chi connectivity index (χ2v) is 7.86. The summed E-state index contributed by atoms with van der Waals surface area (Å²) in [7, 11) is -0.280. The number of nitrogens with two attached hydrogens (primary N) is 1. The summed E-state index contributed by atoms with van der Waals surface area (Å²) in [4.78, 5) is 14.3. The lowest BCUT2D eigenvalue weighted by molar-refractivity contribution is 0.102. The molecule has 27 heavy (non-hydrogen) atoms. The number of ether oxygens (including phenoxy) is 1. The molecule has 0 bridgehead atoms. The Balaban J connectivity index is 2.21. The molecule has 2 rings (SSSR count). The van der Waals surface area contributed by atoms with E-state index in [0.717, 1.165) is 12.8 Å². The number of nitrogens with one attached hydrogen (secondary N) is 1. The maximum absolute atomic E-state index is 12.6. The van der Waals surface area contributed by atoms with E-state index in [1.165, 1.54) is 12.1 Å². The minimum absolute atomic E-state index is 0.0666. The molecule has 0 saturated carbocycles. The lowest BCUT2D eigenvalue weighted by atomic mass is 10.2. The Kier molecular flexibility index (Phi) is 6.81. The molecule has 0 unspecified atom stereocenters. The molecule has 8 heteroatoms. The molecular weight excluding hydrogens is 366 g/mol. The Morgan fingerprint density at radius 1 is 1.15 bits per heavy atom. The standard InChI is InChI=1S/C19H25N3O4S/c1-4-5-12-26-15-8-6-14(7-9-15)19(23)21-17-13-16(27(20,24)25)10-11-18(17)22(2)3/h6-11,13H,4-5,12H2,1-3H3,(H,21,23)(H2,20,24,25). The molecule has 0 aromatic heterocycles. The lowest BCUT2D eigenvalue weighted by Crippen LogP contribution is -2.18. The highest BCUT2D eigenvalue weighted by Crippen LogP contribution is 2.28. The monoisotopic (exact) mass is 391 g/mol. The van der Waals surface area contributed by atoms with Crippen LogP contribution in [-0.2, 0) is 10.0 Å². The van der Waals surface area contributed by atoms with E-state index in [1.807, 2.05) is 0 Å². The van der Waals surface area contributed by atoms with E-state index in [1.54, 1.807) is 49.3 Å². The molecule has 0 saturated heterocycles. The van der Waals surface area contributed by atoms with Crippen molar-refractivity contribution in [2.24, 2.45) is 5.14 Å². The van der Waals surface area contributed by atoms with Gasteiger partial charge in [0.05, 0.1) is 22.9 Å². The summed E-state index contributed by atoms with van der Waals surface area (Å²) in [6, 6.07) is 11.1. The van der Waals surface area contributed by atoms with Crippen molar-refractivity contribution in [3.63, 3.8) is 0 Å². The van der Waals surface area contributed by atoms with E-state index >= 15 is 0 Å². The van der Waals surface area contributed by atoms with Crippen molar-refractivity contribution in [3.05, 3.63) is 48.0 Å². The van der Waals surface area contributed by atoms with Gasteiger partial charge in [-0.1, -0.05) is 13.3 Å². The number of carbonyl (C=O) groups excluding carboxylic acids is 1. The number of unbranched alkanes of at least 4 members (excludes halogenated alkanes) is 1. The second-order valence-electron chi connectivity index (χ2n) is 6.30. The summed E-state index contributed by atoms with van der Waals surface area (Å²) in [5, 5.41) is 7.94. The molecule has 146 valence electrons. The quantitative estimate of drug-likeness (QED) is 0.674. The van der Waals surface area contributed by atoms with Crippen molar-refractivity contribution in [1.82, 2.24) is 0 Å². The molecule has 2 aromatic carbocycles. The first-order chi connectivity index (χ1) is 12.7. The number of primary sulfonamides is 1. The number of anilines is 2. The molecule has 1 amide bonds. The largest absolute Gasteiger partial charge is 0.494 e. The lowest BCUT2D eigenvalue weighted by Gasteiger charge is -2.19. The Morgan fingerprint density at radius 3 is 2.37 bits per heavy atom. The van der Waals surface area contributed by atoms with Gasteiger partial charge in [-0.15, -0.1) is 0 Å². The summed E-state index contributed by atoms with van der Waals surface area (Å²) in [6.07, 6.45) is 2.02. The van der Waals surface area contributed by atoms with Gasteiger partial charge in [-0.3, -0.25) is 4.79 Å². The van der Waals surface area contributed by atoms with Crippen LogP contribution in [0, 0.1) is 0 Å². The summed E-state index contributed by atoms with van der Waals surface area (Å²) in [5.41, 5.74) is 1.46. The van der Waals surface area contributed by atoms with Gasteiger partial charge in [0.15, 0.2) is 0 Å². The Bertz CT molecular complexity index is 894. The van der Waals surface area contributed by atoms with Crippen LogP contribution in [0.15, 0.2) is 47.4 Å². The number of sulfonamides is 1. The van der Waals surface area contributed by atoms with Gasteiger partial charge in [0.2, 0.25) is 10.0 Å². The summed E-state index contributed by atoms with van der Waals surface area (Å²) in [6.45, 7) is 2.72. The van der Waals surface area contributed by atoms with Gasteiger partial charge in [-0.05, 0) is 48.9 Å². The van der Waals surface area contributed by atoms with Gasteiger partial charge in [0.25, 0.3) is 5.91 Å². The highest BCUT2D eigenvalue weighted by Gasteiger charge is 2.15. The first kappa shape index (κ1) is 20.7. The van der Waals surface area contributed by atoms with Gasteiger partial charge < -0.3 is 15.0 Å². The minimum atomic E-state index is -3.87. The number of amides is 1. The summed E-state index contributed by atoms with van der Waals surface area (Å²) < 4.78 is 28.8. The third-order valence-corrected chi connectivity index (χ3v) is 4.82. The van der Waals surface area contributed by atoms with Crippen LogP contribution in [0.4, 0.5) is 11.4 Å². The Labute approximate surface area is 160 Å². The average molecular weight is 391 g/mol. The molecule has 0 aliphatic heterocycles. The number of hydrogen-bond donors (Lipinski definition) is 2. The van der Waals surface area contributed by atoms with E-state index < -0.39 is 10.0 Å². The van der Waals surface area contributed by atoms with Gasteiger partial charge in [0.1, 0.15) is 5.75 Å². The van der Waals surface area contributed by atoms with E-state index in [0.29, 0.717) is 29.3 Å². The van der Waals surface area contributed by atoms with E-state index in [9.17, 15) is 13.2 Å². The number of nitrogens with zero attached hydrogens (tertiary/aromatic N) is 1. The molecule has 7 nitrogen and oxygen atoms in total. The smallest absolute Gasteiger partial charge is 0.255 e. The van der Waals surface area contributed by atoms with Crippen molar-refractivity contribution in [3.8, 4) is 5.75 Å². The zero-order chi connectivity index (χ0) is 20.0. The van der Waals surface area contributed by atoms with Gasteiger partial charge >= 0.3 is 0 Å². The minimum Gasteiger partial charge on any atom is -0.494 e. The number of rotatable bonds is 8. The number of hydrogen-bond acceptors (Lipinski definition) is 5. The summed E-state index contributed by atoms with van der Waals surface area (Å²) >= 11 is 0. The zero-order valence-corrected chi connectivity index (χ0v) is 16.5. The maximum Gasteiger partial charge on any atom is 0.255 e. The van der Waals surface area contributed by atoms with E-state index in [2.05, 4.69) is 12.2 Å². The van der Waals surface area contributed by atoms with Gasteiger partial charge in [-0.25, -0.2) is 13.6 Å². The van der Waals surface area contributed by atoms with Crippen molar-refractivity contribution in [2.75, 3.05) is 30.9 Å². The Hall–Kier alpha value is -2.58. The van der Waals surface area contributed by atoms with Gasteiger partial charge in [0, 0.05) is 19.7 Å². The van der Waals surface area contributed by atoms with Crippen molar-refractivity contribution >= 4 is 27.3 Å². The highest BCUT2D eigenvalue weighted by molar-refractivity contribution is 7.89. The van der Waals surface area contributed by atoms with E-state index in [4.69, 9.17) is 9.88 Å². The molecule has 0 fully saturated rings. The maximum atomic E-state index is 12.6. The molecule has 0 radical (unpaired) electrons. The highest BCUT2D eigenvalue weighted by atomic mass is 32.2. The number of carbonyl (C=O) groups is 1. The topological polar surface area (TPSA) is 102 Å². The molecule has 0 spiro atoms. The molecular formula is C19H25N3O4S. The van der Waals surface area contributed by atoms with Crippen LogP contribution < -0.4 is 20.1 Å². The summed E-state index contributed by atoms with van der Waals surface area (Å²) in [5.74, 6) is 0.343. The van der Waals surface area contributed by atoms with Crippen molar-refractivity contribution < 1.29 is 17.9 Å². The van der Waals surface area contributed by atoms with Crippen LogP contribution in [0.1, 0.15) is 30.1 Å². The third kappa shape index (κ3) is 5.70. The molecule has 2 aromatic rings. The molecule has 0 aliphatic rings. The van der Waals surface area contributed by atoms with E-state index in [-0.39, 0.29) is 10.8 Å². The van der Waals surface area contributed by atoms with Crippen LogP contribution >= 0.6 is 0 Å². The SMILES string of the molecule is CCCCOc1ccc(C(=O)Nc2cc(S(N)(=O)=O)ccc2N(C)C)cc1. The van der Waals surface area contributed by atoms with Crippen LogP contribution in [-0.4, -0.2) is 35.0 Å². The van der Waals surface area contributed by atoms with Crippen molar-refractivity contribution in [1.29, 1.82) is 0 Å². The average Bonchev–Trinajstić information content (AvgIpc) is 2.61. The zero-order valence-electron chi connectivity index (χ0n) is 15.7. The predicted molar refractivity (Wildman–Crippen MR) is 107 cm³/mol. The van der Waals surface area contributed by atoms with Crippen LogP contribution in [0.25, 0.3) is 0 Å². The normalized spacial score (nSPS) is 11.1.